The number of aromatic nitrogens is 2. The summed E-state index contributed by atoms with van der Waals surface area (Å²) in [6.45, 7) is 0.269. The lowest BCUT2D eigenvalue weighted by atomic mass is 10.1. The van der Waals surface area contributed by atoms with Crippen LogP contribution in [0.1, 0.15) is 16.8 Å². The third kappa shape index (κ3) is 2.50. The number of carbonyl (C=O) groups excluding carboxylic acids is 1. The number of hydrogen-bond donors (Lipinski definition) is 1. The number of carbonyl (C=O) groups is 2. The maximum Gasteiger partial charge on any atom is 0.326 e. The summed E-state index contributed by atoms with van der Waals surface area (Å²) >= 11 is 0. The number of fused-ring (bicyclic) bond motifs is 1. The maximum atomic E-state index is 12.6. The Labute approximate surface area is 126 Å². The first-order valence-corrected chi connectivity index (χ1v) is 6.87. The predicted molar refractivity (Wildman–Crippen MR) is 77.4 cm³/mol. The van der Waals surface area contributed by atoms with Crippen LogP contribution in [0.3, 0.4) is 0 Å². The molecule has 0 bridgehead atoms. The minimum atomic E-state index is -1.02. The summed E-state index contributed by atoms with van der Waals surface area (Å²) in [6.07, 6.45) is 3.16. The molecule has 22 heavy (non-hydrogen) atoms. The van der Waals surface area contributed by atoms with Gasteiger partial charge in [0.1, 0.15) is 6.04 Å². The number of likely N-dealkylation sites (tertiary alicyclic amines) is 1. The lowest BCUT2D eigenvalue weighted by molar-refractivity contribution is -0.141. The third-order valence-electron chi connectivity index (χ3n) is 3.86. The molecule has 2 heterocycles. The molecule has 1 saturated heterocycles. The second-order valence-electron chi connectivity index (χ2n) is 5.16. The molecule has 0 radical (unpaired) electrons. The van der Waals surface area contributed by atoms with Crippen molar-refractivity contribution >= 4 is 22.9 Å². The molecule has 114 valence electrons. The van der Waals surface area contributed by atoms with E-state index in [0.29, 0.717) is 23.0 Å². The normalized spacial score (nSPS) is 21.2. The summed E-state index contributed by atoms with van der Waals surface area (Å²) in [5, 5.41) is 9.29. The highest BCUT2D eigenvalue weighted by Gasteiger charge is 2.40. The quantitative estimate of drug-likeness (QED) is 0.907. The first-order valence-electron chi connectivity index (χ1n) is 6.87. The molecule has 1 aromatic heterocycles. The van der Waals surface area contributed by atoms with Crippen molar-refractivity contribution in [2.75, 3.05) is 13.7 Å². The van der Waals surface area contributed by atoms with Gasteiger partial charge in [-0.3, -0.25) is 14.8 Å². The van der Waals surface area contributed by atoms with Crippen molar-refractivity contribution in [1.29, 1.82) is 0 Å². The zero-order chi connectivity index (χ0) is 15.7. The van der Waals surface area contributed by atoms with Gasteiger partial charge >= 0.3 is 5.97 Å². The number of ether oxygens (including phenoxy) is 1. The van der Waals surface area contributed by atoms with Gasteiger partial charge in [0.05, 0.1) is 17.1 Å². The van der Waals surface area contributed by atoms with Crippen molar-refractivity contribution in [2.24, 2.45) is 0 Å². The van der Waals surface area contributed by atoms with Crippen LogP contribution in [-0.2, 0) is 9.53 Å². The molecule has 7 nitrogen and oxygen atoms in total. The van der Waals surface area contributed by atoms with Crippen molar-refractivity contribution in [3.8, 4) is 0 Å². The molecular formula is C15H15N3O4. The summed E-state index contributed by atoms with van der Waals surface area (Å²) in [6, 6.07) is 4.10. The molecule has 2 unspecified atom stereocenters. The van der Waals surface area contributed by atoms with E-state index < -0.39 is 12.0 Å². The van der Waals surface area contributed by atoms with E-state index in [2.05, 4.69) is 9.97 Å². The molecule has 0 spiro atoms. The van der Waals surface area contributed by atoms with Crippen LogP contribution in [0.5, 0.6) is 0 Å². The number of carboxylic acid groups (broad SMARTS) is 1. The number of hydrogen-bond acceptors (Lipinski definition) is 5. The number of amides is 1. The predicted octanol–water partition coefficient (Wildman–Crippen LogP) is 0.944. The third-order valence-corrected chi connectivity index (χ3v) is 3.86. The van der Waals surface area contributed by atoms with Crippen LogP contribution in [0.4, 0.5) is 0 Å². The van der Waals surface area contributed by atoms with Gasteiger partial charge in [-0.2, -0.15) is 0 Å². The largest absolute Gasteiger partial charge is 0.480 e. The van der Waals surface area contributed by atoms with Gasteiger partial charge in [-0.05, 0) is 18.2 Å². The Bertz CT molecular complexity index is 734. The lowest BCUT2D eigenvalue weighted by Gasteiger charge is -2.21. The number of rotatable bonds is 3. The van der Waals surface area contributed by atoms with Crippen molar-refractivity contribution < 1.29 is 19.4 Å². The number of aliphatic carboxylic acids is 1. The topological polar surface area (TPSA) is 92.6 Å². The van der Waals surface area contributed by atoms with Crippen molar-refractivity contribution in [1.82, 2.24) is 14.9 Å². The number of benzene rings is 1. The van der Waals surface area contributed by atoms with E-state index in [-0.39, 0.29) is 18.6 Å². The molecule has 1 amide bonds. The summed E-state index contributed by atoms with van der Waals surface area (Å²) in [4.78, 5) is 33.6. The molecule has 1 aliphatic rings. The van der Waals surface area contributed by atoms with Gasteiger partial charge in [0.2, 0.25) is 0 Å². The molecule has 3 rings (SSSR count). The smallest absolute Gasteiger partial charge is 0.326 e. The monoisotopic (exact) mass is 301 g/mol. The summed E-state index contributed by atoms with van der Waals surface area (Å²) in [5.74, 6) is -1.35. The van der Waals surface area contributed by atoms with Gasteiger partial charge in [0.25, 0.3) is 5.91 Å². The summed E-state index contributed by atoms with van der Waals surface area (Å²) in [5.41, 5.74) is 1.68. The van der Waals surface area contributed by atoms with Crippen molar-refractivity contribution in [3.05, 3.63) is 36.2 Å². The Morgan fingerprint density at radius 2 is 2.00 bits per heavy atom. The zero-order valence-electron chi connectivity index (χ0n) is 12.0. The van der Waals surface area contributed by atoms with Crippen LogP contribution >= 0.6 is 0 Å². The van der Waals surface area contributed by atoms with Gasteiger partial charge in [-0.25, -0.2) is 4.79 Å². The number of nitrogens with zero attached hydrogens (tertiary/aromatic N) is 3. The summed E-state index contributed by atoms with van der Waals surface area (Å²) < 4.78 is 5.20. The average molecular weight is 301 g/mol. The maximum absolute atomic E-state index is 12.6. The molecule has 1 aromatic carbocycles. The highest BCUT2D eigenvalue weighted by molar-refractivity contribution is 5.99. The van der Waals surface area contributed by atoms with Crippen LogP contribution in [0, 0.1) is 0 Å². The minimum Gasteiger partial charge on any atom is -0.480 e. The van der Waals surface area contributed by atoms with Gasteiger partial charge < -0.3 is 14.7 Å². The Kier molecular flexibility index (Phi) is 3.72. The average Bonchev–Trinajstić information content (AvgIpc) is 2.98. The molecule has 0 saturated carbocycles. The van der Waals surface area contributed by atoms with Crippen LogP contribution < -0.4 is 0 Å². The van der Waals surface area contributed by atoms with Crippen LogP contribution in [0.15, 0.2) is 30.6 Å². The van der Waals surface area contributed by atoms with E-state index in [0.717, 1.165) is 0 Å². The highest BCUT2D eigenvalue weighted by atomic mass is 16.5. The molecule has 2 aromatic rings. The van der Waals surface area contributed by atoms with Gasteiger partial charge in [-0.1, -0.05) is 0 Å². The van der Waals surface area contributed by atoms with E-state index in [9.17, 15) is 14.7 Å². The second-order valence-corrected chi connectivity index (χ2v) is 5.16. The molecule has 7 heteroatoms. The fourth-order valence-electron chi connectivity index (χ4n) is 2.69. The first kappa shape index (κ1) is 14.4. The number of methoxy groups -OCH3 is 1. The molecule has 1 aliphatic heterocycles. The number of carboxylic acids is 1. The molecule has 2 atom stereocenters. The minimum absolute atomic E-state index is 0.259. The van der Waals surface area contributed by atoms with Crippen molar-refractivity contribution in [2.45, 2.75) is 18.6 Å². The van der Waals surface area contributed by atoms with Gasteiger partial charge in [0, 0.05) is 38.0 Å². The lowest BCUT2D eigenvalue weighted by Crippen LogP contribution is -2.40. The Morgan fingerprint density at radius 3 is 2.68 bits per heavy atom. The van der Waals surface area contributed by atoms with Crippen LogP contribution in [0.25, 0.3) is 11.0 Å². The van der Waals surface area contributed by atoms with E-state index in [4.69, 9.17) is 4.74 Å². The molecule has 1 N–H and O–H groups in total. The Balaban J connectivity index is 1.92. The SMILES string of the molecule is COC1CC(C(=O)O)N(C(=O)c2ccc3nccnc3c2)C1. The standard InChI is InChI=1S/C15H15N3O4/c1-22-10-7-13(15(20)21)18(8-10)14(19)9-2-3-11-12(6-9)17-5-4-16-11/h2-6,10,13H,7-8H2,1H3,(H,20,21). The van der Waals surface area contributed by atoms with E-state index >= 15 is 0 Å². The fraction of sp³-hybridized carbons (Fsp3) is 0.333. The van der Waals surface area contributed by atoms with Crippen LogP contribution in [0.2, 0.25) is 0 Å². The second kappa shape index (κ2) is 5.69. The molecular weight excluding hydrogens is 286 g/mol. The zero-order valence-corrected chi connectivity index (χ0v) is 12.0. The summed E-state index contributed by atoms with van der Waals surface area (Å²) in [7, 11) is 1.52. The van der Waals surface area contributed by atoms with Crippen LogP contribution in [-0.4, -0.2) is 57.7 Å². The van der Waals surface area contributed by atoms with E-state index in [1.165, 1.54) is 12.0 Å². The van der Waals surface area contributed by atoms with Crippen molar-refractivity contribution in [3.63, 3.8) is 0 Å². The Morgan fingerprint density at radius 1 is 1.27 bits per heavy atom. The van der Waals surface area contributed by atoms with Gasteiger partial charge in [0.15, 0.2) is 0 Å². The first-order chi connectivity index (χ1) is 10.6. The van der Waals surface area contributed by atoms with E-state index in [1.807, 2.05) is 0 Å². The van der Waals surface area contributed by atoms with Gasteiger partial charge in [-0.15, -0.1) is 0 Å². The fourth-order valence-corrected chi connectivity index (χ4v) is 2.69. The Hall–Kier alpha value is -2.54. The molecule has 1 fully saturated rings. The highest BCUT2D eigenvalue weighted by Crippen LogP contribution is 2.23. The van der Waals surface area contributed by atoms with E-state index in [1.54, 1.807) is 30.6 Å². The molecule has 0 aliphatic carbocycles.